The molecule has 10 heteroatoms. The molecule has 0 fully saturated rings. The largest absolute Gasteiger partial charge is 0.458 e. The number of esters is 1. The molecule has 3 N–H and O–H groups in total. The number of hydrogen-bond acceptors (Lipinski definition) is 7. The number of nitrogens with one attached hydrogen (secondary N) is 2. The van der Waals surface area contributed by atoms with Crippen LogP contribution in [-0.2, 0) is 36.7 Å². The minimum absolute atomic E-state index is 0.167. The zero-order valence-electron chi connectivity index (χ0n) is 25.9. The Kier molecular flexibility index (Phi) is 12.1. The van der Waals surface area contributed by atoms with Gasteiger partial charge in [-0.25, -0.2) is 9.59 Å². The molecular weight excluding hydrogens is 538 g/mol. The predicted octanol–water partition coefficient (Wildman–Crippen LogP) is 3.70. The summed E-state index contributed by atoms with van der Waals surface area (Å²) in [5, 5.41) is 15.1. The first-order valence-corrected chi connectivity index (χ1v) is 14.1. The summed E-state index contributed by atoms with van der Waals surface area (Å²) in [6.45, 7) is 11.5. The van der Waals surface area contributed by atoms with Gasteiger partial charge in [-0.05, 0) is 64.7 Å². The standard InChI is InChI=1S/C32H45N3O7/c1-9-21-15-17-23(18-16-21)26(35(8)28(38)25(20-36)34-30(40)42-32(5,6)7)27(37)33-24(29(39)41-31(2,3)4)19-22-13-11-10-12-14-22/h10-18,24-26,36H,9,19-20H2,1-8H3,(H,33,37)(H,34,40). The number of benzene rings is 2. The van der Waals surface area contributed by atoms with Crippen molar-refractivity contribution in [3.63, 3.8) is 0 Å². The fourth-order valence-corrected chi connectivity index (χ4v) is 4.16. The zero-order valence-corrected chi connectivity index (χ0v) is 25.9. The van der Waals surface area contributed by atoms with Gasteiger partial charge in [0.15, 0.2) is 0 Å². The molecule has 3 unspecified atom stereocenters. The summed E-state index contributed by atoms with van der Waals surface area (Å²) >= 11 is 0. The molecule has 2 rings (SSSR count). The van der Waals surface area contributed by atoms with Gasteiger partial charge in [-0.2, -0.15) is 0 Å². The number of alkyl carbamates (subject to hydrolysis) is 1. The molecule has 42 heavy (non-hydrogen) atoms. The molecule has 3 atom stereocenters. The van der Waals surface area contributed by atoms with Crippen molar-refractivity contribution >= 4 is 23.9 Å². The van der Waals surface area contributed by atoms with Crippen LogP contribution in [0.3, 0.4) is 0 Å². The van der Waals surface area contributed by atoms with Crippen LogP contribution in [-0.4, -0.2) is 70.8 Å². The summed E-state index contributed by atoms with van der Waals surface area (Å²) in [6, 6.07) is 12.8. The number of aliphatic hydroxyl groups excluding tert-OH is 1. The Morgan fingerprint density at radius 2 is 1.38 bits per heavy atom. The van der Waals surface area contributed by atoms with Gasteiger partial charge in [0, 0.05) is 13.5 Å². The van der Waals surface area contributed by atoms with E-state index < -0.39 is 59.8 Å². The third-order valence-electron chi connectivity index (χ3n) is 6.15. The number of aryl methyl sites for hydroxylation is 1. The SMILES string of the molecule is CCc1ccc(C(C(=O)NC(Cc2ccccc2)C(=O)OC(C)(C)C)N(C)C(=O)C(CO)NC(=O)OC(C)(C)C)cc1. The van der Waals surface area contributed by atoms with Crippen LogP contribution in [0.4, 0.5) is 4.79 Å². The molecule has 2 aromatic rings. The van der Waals surface area contributed by atoms with Crippen LogP contribution >= 0.6 is 0 Å². The van der Waals surface area contributed by atoms with Crippen LogP contribution in [0.15, 0.2) is 54.6 Å². The van der Waals surface area contributed by atoms with Crippen molar-refractivity contribution < 1.29 is 33.8 Å². The summed E-state index contributed by atoms with van der Waals surface area (Å²) < 4.78 is 10.8. The highest BCUT2D eigenvalue weighted by atomic mass is 16.6. The molecule has 0 heterocycles. The lowest BCUT2D eigenvalue weighted by molar-refractivity contribution is -0.159. The van der Waals surface area contributed by atoms with Crippen molar-refractivity contribution in [1.29, 1.82) is 0 Å². The number of hydrogen-bond donors (Lipinski definition) is 3. The number of amides is 3. The fraction of sp³-hybridized carbons (Fsp3) is 0.500. The molecule has 10 nitrogen and oxygen atoms in total. The van der Waals surface area contributed by atoms with Gasteiger partial charge in [-0.3, -0.25) is 9.59 Å². The van der Waals surface area contributed by atoms with Crippen LogP contribution in [0.1, 0.15) is 71.2 Å². The molecular formula is C32H45N3O7. The molecule has 0 aliphatic heterocycles. The van der Waals surface area contributed by atoms with Gasteiger partial charge in [0.2, 0.25) is 11.8 Å². The van der Waals surface area contributed by atoms with Gasteiger partial charge in [0.25, 0.3) is 0 Å². The van der Waals surface area contributed by atoms with Crippen molar-refractivity contribution in [2.75, 3.05) is 13.7 Å². The minimum atomic E-state index is -1.37. The number of carbonyl (C=O) groups excluding carboxylic acids is 4. The van der Waals surface area contributed by atoms with E-state index in [1.165, 1.54) is 7.05 Å². The van der Waals surface area contributed by atoms with Crippen LogP contribution in [0.5, 0.6) is 0 Å². The molecule has 2 aromatic carbocycles. The van der Waals surface area contributed by atoms with Gasteiger partial charge in [0.1, 0.15) is 29.3 Å². The third kappa shape index (κ3) is 10.8. The number of carbonyl (C=O) groups is 4. The van der Waals surface area contributed by atoms with E-state index in [9.17, 15) is 24.3 Å². The van der Waals surface area contributed by atoms with E-state index in [0.29, 0.717) is 5.56 Å². The van der Waals surface area contributed by atoms with Gasteiger partial charge < -0.3 is 30.1 Å². The molecule has 3 amide bonds. The molecule has 0 spiro atoms. The highest BCUT2D eigenvalue weighted by Gasteiger charge is 2.36. The van der Waals surface area contributed by atoms with Crippen molar-refractivity contribution in [2.45, 2.75) is 90.6 Å². The summed E-state index contributed by atoms with van der Waals surface area (Å²) in [5.41, 5.74) is 0.710. The number of nitrogens with zero attached hydrogens (tertiary/aromatic N) is 1. The van der Waals surface area contributed by atoms with E-state index in [4.69, 9.17) is 9.47 Å². The van der Waals surface area contributed by atoms with E-state index in [-0.39, 0.29) is 6.42 Å². The Hall–Kier alpha value is -3.92. The van der Waals surface area contributed by atoms with Crippen LogP contribution in [0.25, 0.3) is 0 Å². The van der Waals surface area contributed by atoms with Crippen LogP contribution in [0.2, 0.25) is 0 Å². The predicted molar refractivity (Wildman–Crippen MR) is 159 cm³/mol. The normalized spacial score (nSPS) is 13.7. The minimum Gasteiger partial charge on any atom is -0.458 e. The maximum absolute atomic E-state index is 13.9. The second-order valence-corrected chi connectivity index (χ2v) is 12.1. The summed E-state index contributed by atoms with van der Waals surface area (Å²) in [6.07, 6.45) is 0.0559. The first-order chi connectivity index (χ1) is 19.5. The molecule has 0 radical (unpaired) electrons. The van der Waals surface area contributed by atoms with Crippen molar-refractivity contribution in [1.82, 2.24) is 15.5 Å². The van der Waals surface area contributed by atoms with Crippen molar-refractivity contribution in [3.8, 4) is 0 Å². The fourth-order valence-electron chi connectivity index (χ4n) is 4.16. The molecule has 0 saturated heterocycles. The van der Waals surface area contributed by atoms with Gasteiger partial charge in [0.05, 0.1) is 6.61 Å². The van der Waals surface area contributed by atoms with Crippen LogP contribution < -0.4 is 10.6 Å². The van der Waals surface area contributed by atoms with Crippen molar-refractivity contribution in [3.05, 3.63) is 71.3 Å². The Morgan fingerprint density at radius 3 is 1.88 bits per heavy atom. The molecule has 0 bridgehead atoms. The lowest BCUT2D eigenvalue weighted by Gasteiger charge is -2.32. The van der Waals surface area contributed by atoms with E-state index in [1.54, 1.807) is 53.7 Å². The molecule has 0 aliphatic rings. The molecule has 230 valence electrons. The average Bonchev–Trinajstić information content (AvgIpc) is 2.90. The summed E-state index contributed by atoms with van der Waals surface area (Å²) in [7, 11) is 1.40. The second-order valence-electron chi connectivity index (χ2n) is 12.1. The highest BCUT2D eigenvalue weighted by Crippen LogP contribution is 2.23. The lowest BCUT2D eigenvalue weighted by Crippen LogP contribution is -2.54. The maximum atomic E-state index is 13.9. The van der Waals surface area contributed by atoms with E-state index in [2.05, 4.69) is 10.6 Å². The van der Waals surface area contributed by atoms with E-state index in [0.717, 1.165) is 22.4 Å². The first-order valence-electron chi connectivity index (χ1n) is 14.1. The van der Waals surface area contributed by atoms with Crippen LogP contribution in [0, 0.1) is 0 Å². The van der Waals surface area contributed by atoms with Crippen molar-refractivity contribution in [2.24, 2.45) is 0 Å². The van der Waals surface area contributed by atoms with E-state index >= 15 is 0 Å². The number of ether oxygens (including phenoxy) is 2. The Labute approximate surface area is 248 Å². The third-order valence-corrected chi connectivity index (χ3v) is 6.15. The summed E-state index contributed by atoms with van der Waals surface area (Å²) in [4.78, 5) is 54.2. The smallest absolute Gasteiger partial charge is 0.408 e. The van der Waals surface area contributed by atoms with E-state index in [1.807, 2.05) is 49.4 Å². The quantitative estimate of drug-likeness (QED) is 0.344. The molecule has 0 saturated carbocycles. The second kappa shape index (κ2) is 14.8. The summed E-state index contributed by atoms with van der Waals surface area (Å²) in [5.74, 6) is -1.97. The topological polar surface area (TPSA) is 134 Å². The average molecular weight is 584 g/mol. The molecule has 0 aromatic heterocycles. The highest BCUT2D eigenvalue weighted by molar-refractivity contribution is 5.93. The maximum Gasteiger partial charge on any atom is 0.408 e. The van der Waals surface area contributed by atoms with Gasteiger partial charge >= 0.3 is 12.1 Å². The first kappa shape index (κ1) is 34.3. The Morgan fingerprint density at radius 1 is 0.810 bits per heavy atom. The number of rotatable bonds is 11. The Bertz CT molecular complexity index is 1200. The molecule has 0 aliphatic carbocycles. The number of aliphatic hydroxyl groups is 1. The van der Waals surface area contributed by atoms with Gasteiger partial charge in [-0.1, -0.05) is 61.5 Å². The Balaban J connectivity index is 2.43. The lowest BCUT2D eigenvalue weighted by atomic mass is 10.00. The number of likely N-dealkylation sites (N-methyl/N-ethyl adjacent to an activating group) is 1. The zero-order chi connectivity index (χ0) is 31.7. The monoisotopic (exact) mass is 583 g/mol. The van der Waals surface area contributed by atoms with Gasteiger partial charge in [-0.15, -0.1) is 0 Å².